The largest absolute Gasteiger partial charge is 0.497 e. The highest BCUT2D eigenvalue weighted by Gasteiger charge is 2.18. The number of fused-ring (bicyclic) bond motifs is 1. The van der Waals surface area contributed by atoms with Gasteiger partial charge in [0.25, 0.3) is 0 Å². The van der Waals surface area contributed by atoms with Gasteiger partial charge in [-0.05, 0) is 64.5 Å². The van der Waals surface area contributed by atoms with Gasteiger partial charge in [-0.25, -0.2) is 0 Å². The molecule has 0 aliphatic heterocycles. The lowest BCUT2D eigenvalue weighted by atomic mass is 9.88. The van der Waals surface area contributed by atoms with E-state index in [1.807, 2.05) is 0 Å². The minimum atomic E-state index is 0.565. The van der Waals surface area contributed by atoms with Crippen LogP contribution in [0.4, 0.5) is 0 Å². The number of benzene rings is 1. The Kier molecular flexibility index (Phi) is 4.44. The fourth-order valence-corrected chi connectivity index (χ4v) is 4.13. The first kappa shape index (κ1) is 14.1. The van der Waals surface area contributed by atoms with Crippen molar-refractivity contribution in [3.63, 3.8) is 0 Å². The number of hydrogen-bond acceptors (Lipinski definition) is 3. The van der Waals surface area contributed by atoms with E-state index in [-0.39, 0.29) is 0 Å². The van der Waals surface area contributed by atoms with Crippen molar-refractivity contribution in [2.45, 2.75) is 31.8 Å². The van der Waals surface area contributed by atoms with Crippen molar-refractivity contribution in [1.82, 2.24) is 5.32 Å². The smallest absolute Gasteiger partial charge is 0.119 e. The molecule has 1 aliphatic carbocycles. The molecule has 4 heteroatoms. The van der Waals surface area contributed by atoms with Gasteiger partial charge in [-0.15, -0.1) is 11.3 Å². The summed E-state index contributed by atoms with van der Waals surface area (Å²) in [6, 6.07) is 9.22. The molecule has 0 amide bonds. The van der Waals surface area contributed by atoms with Crippen LogP contribution in [0, 0.1) is 0 Å². The molecule has 1 N–H and O–H groups in total. The van der Waals surface area contributed by atoms with Gasteiger partial charge in [-0.1, -0.05) is 6.07 Å². The molecule has 0 saturated heterocycles. The first-order valence-corrected chi connectivity index (χ1v) is 8.54. The molecule has 1 aliphatic rings. The van der Waals surface area contributed by atoms with E-state index in [0.717, 1.165) is 25.1 Å². The minimum Gasteiger partial charge on any atom is -0.497 e. The van der Waals surface area contributed by atoms with Crippen LogP contribution < -0.4 is 10.1 Å². The molecule has 0 fully saturated rings. The van der Waals surface area contributed by atoms with Crippen LogP contribution in [0.1, 0.15) is 22.4 Å². The van der Waals surface area contributed by atoms with Crippen molar-refractivity contribution in [3.8, 4) is 5.75 Å². The van der Waals surface area contributed by atoms with E-state index in [0.29, 0.717) is 6.04 Å². The third-order valence-electron chi connectivity index (χ3n) is 3.83. The number of aryl methyl sites for hydroxylation is 1. The number of hydrogen-bond donors (Lipinski definition) is 1. The SMILES string of the molecule is COc1ccc2c(c1)CC(NCc1cc(Br)cs1)CC2. The normalized spacial score (nSPS) is 17.8. The predicted molar refractivity (Wildman–Crippen MR) is 87.7 cm³/mol. The predicted octanol–water partition coefficient (Wildman–Crippen LogP) is 4.17. The first-order valence-electron chi connectivity index (χ1n) is 6.86. The Morgan fingerprint density at radius 3 is 3.00 bits per heavy atom. The van der Waals surface area contributed by atoms with Crippen LogP contribution in [0.25, 0.3) is 0 Å². The van der Waals surface area contributed by atoms with Gasteiger partial charge in [-0.2, -0.15) is 0 Å². The molecule has 2 aromatic rings. The molecule has 2 nitrogen and oxygen atoms in total. The van der Waals surface area contributed by atoms with E-state index >= 15 is 0 Å². The summed E-state index contributed by atoms with van der Waals surface area (Å²) in [6.07, 6.45) is 3.47. The molecule has 0 radical (unpaired) electrons. The van der Waals surface area contributed by atoms with Crippen molar-refractivity contribution in [2.75, 3.05) is 7.11 Å². The molecule has 0 saturated carbocycles. The maximum absolute atomic E-state index is 5.32. The van der Waals surface area contributed by atoms with E-state index < -0.39 is 0 Å². The Morgan fingerprint density at radius 2 is 2.25 bits per heavy atom. The number of ether oxygens (including phenoxy) is 1. The maximum atomic E-state index is 5.32. The average molecular weight is 352 g/mol. The quantitative estimate of drug-likeness (QED) is 0.892. The van der Waals surface area contributed by atoms with Crippen LogP contribution in [-0.2, 0) is 19.4 Å². The Balaban J connectivity index is 1.62. The minimum absolute atomic E-state index is 0.565. The molecule has 106 valence electrons. The second-order valence-electron chi connectivity index (χ2n) is 5.19. The summed E-state index contributed by atoms with van der Waals surface area (Å²) < 4.78 is 6.50. The van der Waals surface area contributed by atoms with Crippen molar-refractivity contribution < 1.29 is 4.74 Å². The van der Waals surface area contributed by atoms with Gasteiger partial charge in [0.15, 0.2) is 0 Å². The van der Waals surface area contributed by atoms with Gasteiger partial charge >= 0.3 is 0 Å². The first-order chi connectivity index (χ1) is 9.74. The molecule has 3 rings (SSSR count). The van der Waals surface area contributed by atoms with Crippen molar-refractivity contribution in [3.05, 3.63) is 50.1 Å². The van der Waals surface area contributed by atoms with Crippen LogP contribution in [0.3, 0.4) is 0 Å². The third-order valence-corrected chi connectivity index (χ3v) is 5.53. The molecule has 1 atom stereocenters. The van der Waals surface area contributed by atoms with Gasteiger partial charge < -0.3 is 10.1 Å². The zero-order chi connectivity index (χ0) is 13.9. The summed E-state index contributed by atoms with van der Waals surface area (Å²) in [5.74, 6) is 0.964. The van der Waals surface area contributed by atoms with Crippen molar-refractivity contribution in [1.29, 1.82) is 0 Å². The van der Waals surface area contributed by atoms with Crippen LogP contribution in [0.15, 0.2) is 34.1 Å². The highest BCUT2D eigenvalue weighted by Crippen LogP contribution is 2.26. The Hall–Kier alpha value is -0.840. The molecule has 1 aromatic heterocycles. The highest BCUT2D eigenvalue weighted by atomic mass is 79.9. The molecule has 1 heterocycles. The van der Waals surface area contributed by atoms with Gasteiger partial charge in [0, 0.05) is 27.3 Å². The van der Waals surface area contributed by atoms with E-state index in [1.165, 1.54) is 26.9 Å². The number of thiophene rings is 1. The standard InChI is InChI=1S/C16H18BrNOS/c1-19-15-5-3-11-2-4-14(6-12(11)7-15)18-9-16-8-13(17)10-20-16/h3,5,7-8,10,14,18H,2,4,6,9H2,1H3. The molecule has 1 aromatic carbocycles. The summed E-state index contributed by atoms with van der Waals surface area (Å²) in [6.45, 7) is 0.959. The summed E-state index contributed by atoms with van der Waals surface area (Å²) in [5, 5.41) is 5.82. The van der Waals surface area contributed by atoms with Gasteiger partial charge in [0.05, 0.1) is 7.11 Å². The maximum Gasteiger partial charge on any atom is 0.119 e. The zero-order valence-electron chi connectivity index (χ0n) is 11.5. The summed E-state index contributed by atoms with van der Waals surface area (Å²) >= 11 is 5.30. The van der Waals surface area contributed by atoms with Crippen molar-refractivity contribution in [2.24, 2.45) is 0 Å². The molecule has 0 bridgehead atoms. The second-order valence-corrected chi connectivity index (χ2v) is 7.10. The fourth-order valence-electron chi connectivity index (χ4n) is 2.73. The number of methoxy groups -OCH3 is 1. The molecule has 1 unspecified atom stereocenters. The number of halogens is 1. The topological polar surface area (TPSA) is 21.3 Å². The fraction of sp³-hybridized carbons (Fsp3) is 0.375. The van der Waals surface area contributed by atoms with Crippen LogP contribution >= 0.6 is 27.3 Å². The van der Waals surface area contributed by atoms with E-state index in [4.69, 9.17) is 4.74 Å². The van der Waals surface area contributed by atoms with Gasteiger partial charge in [0.1, 0.15) is 5.75 Å². The van der Waals surface area contributed by atoms with Crippen molar-refractivity contribution >= 4 is 27.3 Å². The average Bonchev–Trinajstić information content (AvgIpc) is 2.90. The Labute approximate surface area is 132 Å². The molecular weight excluding hydrogens is 334 g/mol. The third kappa shape index (κ3) is 3.25. The summed E-state index contributed by atoms with van der Waals surface area (Å²) in [7, 11) is 1.73. The lowest BCUT2D eigenvalue weighted by Crippen LogP contribution is -2.33. The number of rotatable bonds is 4. The van der Waals surface area contributed by atoms with Gasteiger partial charge in [-0.3, -0.25) is 0 Å². The summed E-state index contributed by atoms with van der Waals surface area (Å²) in [5.41, 5.74) is 2.91. The molecular formula is C16H18BrNOS. The summed E-state index contributed by atoms with van der Waals surface area (Å²) in [4.78, 5) is 1.38. The Morgan fingerprint density at radius 1 is 1.35 bits per heavy atom. The Bertz CT molecular complexity index is 596. The van der Waals surface area contributed by atoms with Crippen LogP contribution in [0.5, 0.6) is 5.75 Å². The highest BCUT2D eigenvalue weighted by molar-refractivity contribution is 9.10. The number of nitrogens with one attached hydrogen (secondary N) is 1. The monoisotopic (exact) mass is 351 g/mol. The van der Waals surface area contributed by atoms with E-state index in [1.54, 1.807) is 18.4 Å². The van der Waals surface area contributed by atoms with Crippen LogP contribution in [-0.4, -0.2) is 13.2 Å². The molecule has 20 heavy (non-hydrogen) atoms. The molecule has 0 spiro atoms. The lowest BCUT2D eigenvalue weighted by Gasteiger charge is -2.25. The zero-order valence-corrected chi connectivity index (χ0v) is 13.9. The van der Waals surface area contributed by atoms with Crippen LogP contribution in [0.2, 0.25) is 0 Å². The van der Waals surface area contributed by atoms with Gasteiger partial charge in [0.2, 0.25) is 0 Å². The second kappa shape index (κ2) is 6.29. The van der Waals surface area contributed by atoms with E-state index in [9.17, 15) is 0 Å². The van der Waals surface area contributed by atoms with E-state index in [2.05, 4.69) is 50.9 Å². The lowest BCUT2D eigenvalue weighted by molar-refractivity contribution is 0.411.